The topological polar surface area (TPSA) is 51.1 Å². The molecule has 4 nitrogen and oxygen atoms in total. The molecule has 0 spiro atoms. The fraction of sp³-hybridized carbons (Fsp3) is 0.333. The second-order valence-corrected chi connectivity index (χ2v) is 5.98. The molecule has 0 aliphatic heterocycles. The van der Waals surface area contributed by atoms with E-state index in [0.29, 0.717) is 12.5 Å². The SMILES string of the molecule is C[C@@H]1C[C@@H]1C(=O)N[C@H](Cn1ccccc1=O)c1ccccc1. The minimum Gasteiger partial charge on any atom is -0.347 e. The normalized spacial score (nSPS) is 21.1. The Morgan fingerprint density at radius 2 is 1.91 bits per heavy atom. The first-order valence-corrected chi connectivity index (χ1v) is 7.66. The third-order valence-electron chi connectivity index (χ3n) is 4.24. The molecule has 0 saturated heterocycles. The summed E-state index contributed by atoms with van der Waals surface area (Å²) in [4.78, 5) is 24.2. The average Bonchev–Trinajstić information content (AvgIpc) is 3.26. The smallest absolute Gasteiger partial charge is 0.250 e. The van der Waals surface area contributed by atoms with E-state index >= 15 is 0 Å². The molecule has 0 bridgehead atoms. The van der Waals surface area contributed by atoms with Crippen molar-refractivity contribution in [3.8, 4) is 0 Å². The van der Waals surface area contributed by atoms with Gasteiger partial charge in [-0.05, 0) is 24.0 Å². The van der Waals surface area contributed by atoms with Gasteiger partial charge in [-0.1, -0.05) is 43.3 Å². The van der Waals surface area contributed by atoms with Crippen LogP contribution in [0, 0.1) is 11.8 Å². The van der Waals surface area contributed by atoms with Gasteiger partial charge in [-0.25, -0.2) is 0 Å². The van der Waals surface area contributed by atoms with Crippen LogP contribution in [-0.2, 0) is 11.3 Å². The highest BCUT2D eigenvalue weighted by Crippen LogP contribution is 2.38. The van der Waals surface area contributed by atoms with Gasteiger partial charge in [0.2, 0.25) is 5.91 Å². The zero-order valence-electron chi connectivity index (χ0n) is 12.6. The fourth-order valence-corrected chi connectivity index (χ4v) is 2.69. The predicted molar refractivity (Wildman–Crippen MR) is 85.3 cm³/mol. The summed E-state index contributed by atoms with van der Waals surface area (Å²) in [7, 11) is 0. The Labute approximate surface area is 129 Å². The molecule has 1 aliphatic rings. The molecule has 114 valence electrons. The molecular formula is C18H20N2O2. The molecular weight excluding hydrogens is 276 g/mol. The van der Waals surface area contributed by atoms with Crippen LogP contribution in [0.4, 0.5) is 0 Å². The fourth-order valence-electron chi connectivity index (χ4n) is 2.69. The predicted octanol–water partition coefficient (Wildman–Crippen LogP) is 2.36. The van der Waals surface area contributed by atoms with Crippen LogP contribution >= 0.6 is 0 Å². The van der Waals surface area contributed by atoms with Crippen LogP contribution in [-0.4, -0.2) is 10.5 Å². The minimum absolute atomic E-state index is 0.0579. The number of hydrogen-bond acceptors (Lipinski definition) is 2. The summed E-state index contributed by atoms with van der Waals surface area (Å²) in [6.45, 7) is 2.53. The lowest BCUT2D eigenvalue weighted by molar-refractivity contribution is -0.123. The van der Waals surface area contributed by atoms with Crippen molar-refractivity contribution in [3.63, 3.8) is 0 Å². The molecule has 4 heteroatoms. The minimum atomic E-state index is -0.193. The highest BCUT2D eigenvalue weighted by Gasteiger charge is 2.39. The number of benzene rings is 1. The lowest BCUT2D eigenvalue weighted by atomic mass is 10.1. The van der Waals surface area contributed by atoms with Gasteiger partial charge in [0.1, 0.15) is 0 Å². The Balaban J connectivity index is 1.81. The lowest BCUT2D eigenvalue weighted by Gasteiger charge is -2.20. The summed E-state index contributed by atoms with van der Waals surface area (Å²) in [5.74, 6) is 0.680. The van der Waals surface area contributed by atoms with Gasteiger partial charge >= 0.3 is 0 Å². The van der Waals surface area contributed by atoms with Crippen molar-refractivity contribution >= 4 is 5.91 Å². The van der Waals surface area contributed by atoms with Crippen molar-refractivity contribution < 1.29 is 4.79 Å². The van der Waals surface area contributed by atoms with Gasteiger partial charge in [0, 0.05) is 18.2 Å². The first kappa shape index (κ1) is 14.6. The Morgan fingerprint density at radius 1 is 1.23 bits per heavy atom. The van der Waals surface area contributed by atoms with Crippen molar-refractivity contribution in [2.75, 3.05) is 0 Å². The van der Waals surface area contributed by atoms with E-state index in [9.17, 15) is 9.59 Å². The molecule has 1 aliphatic carbocycles. The highest BCUT2D eigenvalue weighted by molar-refractivity contribution is 5.81. The summed E-state index contributed by atoms with van der Waals surface area (Å²) in [5, 5.41) is 3.10. The second kappa shape index (κ2) is 6.18. The van der Waals surface area contributed by atoms with Crippen LogP contribution in [0.3, 0.4) is 0 Å². The molecule has 1 amide bonds. The van der Waals surface area contributed by atoms with Gasteiger partial charge in [-0.3, -0.25) is 9.59 Å². The number of aromatic nitrogens is 1. The Bertz CT molecular complexity index is 708. The lowest BCUT2D eigenvalue weighted by Crippen LogP contribution is -2.35. The quantitative estimate of drug-likeness (QED) is 0.921. The molecule has 1 aromatic carbocycles. The van der Waals surface area contributed by atoms with Gasteiger partial charge in [-0.2, -0.15) is 0 Å². The molecule has 1 fully saturated rings. The van der Waals surface area contributed by atoms with Crippen molar-refractivity contribution in [2.45, 2.75) is 25.9 Å². The molecule has 22 heavy (non-hydrogen) atoms. The number of carbonyl (C=O) groups excluding carboxylic acids is 1. The number of carbonyl (C=O) groups is 1. The van der Waals surface area contributed by atoms with Gasteiger partial charge in [0.15, 0.2) is 0 Å². The molecule has 2 aromatic rings. The zero-order valence-corrected chi connectivity index (χ0v) is 12.6. The van der Waals surface area contributed by atoms with Crippen LogP contribution in [0.1, 0.15) is 24.9 Å². The van der Waals surface area contributed by atoms with Crippen molar-refractivity contribution in [3.05, 3.63) is 70.6 Å². The number of amides is 1. The van der Waals surface area contributed by atoms with E-state index in [-0.39, 0.29) is 23.4 Å². The summed E-state index contributed by atoms with van der Waals surface area (Å²) in [5.41, 5.74) is 0.956. The summed E-state index contributed by atoms with van der Waals surface area (Å²) >= 11 is 0. The van der Waals surface area contributed by atoms with E-state index in [4.69, 9.17) is 0 Å². The van der Waals surface area contributed by atoms with Crippen molar-refractivity contribution in [2.24, 2.45) is 11.8 Å². The molecule has 1 saturated carbocycles. The van der Waals surface area contributed by atoms with Crippen LogP contribution in [0.5, 0.6) is 0 Å². The van der Waals surface area contributed by atoms with Crippen LogP contribution < -0.4 is 10.9 Å². The Morgan fingerprint density at radius 3 is 2.55 bits per heavy atom. The third-order valence-corrected chi connectivity index (χ3v) is 4.24. The van der Waals surface area contributed by atoms with Gasteiger partial charge in [-0.15, -0.1) is 0 Å². The molecule has 0 radical (unpaired) electrons. The van der Waals surface area contributed by atoms with Crippen molar-refractivity contribution in [1.82, 2.24) is 9.88 Å². The van der Waals surface area contributed by atoms with Gasteiger partial charge in [0.05, 0.1) is 12.6 Å². The molecule has 1 heterocycles. The Hall–Kier alpha value is -2.36. The highest BCUT2D eigenvalue weighted by atomic mass is 16.2. The van der Waals surface area contributed by atoms with Crippen LogP contribution in [0.15, 0.2) is 59.5 Å². The van der Waals surface area contributed by atoms with Crippen LogP contribution in [0.25, 0.3) is 0 Å². The zero-order chi connectivity index (χ0) is 15.5. The van der Waals surface area contributed by atoms with Crippen LogP contribution in [0.2, 0.25) is 0 Å². The maximum Gasteiger partial charge on any atom is 0.250 e. The van der Waals surface area contributed by atoms with Gasteiger partial charge in [0.25, 0.3) is 5.56 Å². The van der Waals surface area contributed by atoms with E-state index in [0.717, 1.165) is 12.0 Å². The van der Waals surface area contributed by atoms with Gasteiger partial charge < -0.3 is 9.88 Å². The first-order valence-electron chi connectivity index (χ1n) is 7.66. The molecule has 1 aromatic heterocycles. The van der Waals surface area contributed by atoms with E-state index in [1.54, 1.807) is 16.8 Å². The maximum atomic E-state index is 12.3. The summed E-state index contributed by atoms with van der Waals surface area (Å²) < 4.78 is 1.63. The molecule has 0 unspecified atom stereocenters. The molecule has 3 rings (SSSR count). The number of rotatable bonds is 5. The molecule has 3 atom stereocenters. The summed E-state index contributed by atoms with van der Waals surface area (Å²) in [6.07, 6.45) is 2.71. The molecule has 1 N–H and O–H groups in total. The Kier molecular flexibility index (Phi) is 4.09. The standard InChI is InChI=1S/C18H20N2O2/c1-13-11-15(13)18(22)19-16(14-7-3-2-4-8-14)12-20-10-6-5-9-17(20)21/h2-10,13,15-16H,11-12H2,1H3,(H,19,22)/t13-,15+,16-/m1/s1. The monoisotopic (exact) mass is 296 g/mol. The van der Waals surface area contributed by atoms with E-state index in [2.05, 4.69) is 12.2 Å². The van der Waals surface area contributed by atoms with E-state index < -0.39 is 0 Å². The van der Waals surface area contributed by atoms with Crippen molar-refractivity contribution in [1.29, 1.82) is 0 Å². The third kappa shape index (κ3) is 3.27. The van der Waals surface area contributed by atoms with E-state index in [1.807, 2.05) is 36.4 Å². The summed E-state index contributed by atoms with van der Waals surface area (Å²) in [6, 6.07) is 14.7. The number of hydrogen-bond donors (Lipinski definition) is 1. The maximum absolute atomic E-state index is 12.3. The number of pyridine rings is 1. The second-order valence-electron chi connectivity index (χ2n) is 5.98. The average molecular weight is 296 g/mol. The number of nitrogens with zero attached hydrogens (tertiary/aromatic N) is 1. The number of nitrogens with one attached hydrogen (secondary N) is 1. The first-order chi connectivity index (χ1) is 10.6. The largest absolute Gasteiger partial charge is 0.347 e. The van der Waals surface area contributed by atoms with E-state index in [1.165, 1.54) is 6.07 Å².